The van der Waals surface area contributed by atoms with Crippen molar-refractivity contribution >= 4 is 56.9 Å². The van der Waals surface area contributed by atoms with Crippen LogP contribution in [0.1, 0.15) is 22.3 Å². The predicted molar refractivity (Wildman–Crippen MR) is 141 cm³/mol. The average molecular weight is 618 g/mol. The summed E-state index contributed by atoms with van der Waals surface area (Å²) in [6.45, 7) is 0. The Bertz CT molecular complexity index is 1030. The van der Waals surface area contributed by atoms with E-state index < -0.39 is 0 Å². The highest BCUT2D eigenvalue weighted by Gasteiger charge is 2.11. The first-order chi connectivity index (χ1) is 14.2. The lowest BCUT2D eigenvalue weighted by Crippen LogP contribution is -1.96. The second kappa shape index (κ2) is 10.1. The average Bonchev–Trinajstić information content (AvgIpc) is 2.74. The highest BCUT2D eigenvalue weighted by atomic mass is 127. The Morgan fingerprint density at radius 3 is 1.21 bits per heavy atom. The molecule has 4 rings (SSSR count). The Balaban J connectivity index is 1.62. The molecule has 0 atom stereocenters. The quantitative estimate of drug-likeness (QED) is 0.196. The van der Waals surface area contributed by atoms with Crippen molar-refractivity contribution in [3.8, 4) is 0 Å². The van der Waals surface area contributed by atoms with Crippen molar-refractivity contribution in [1.29, 1.82) is 0 Å². The number of halogens is 2. The largest absolute Gasteiger partial charge is 0.0895 e. The molecular formula is C26H20I2S. The molecule has 0 nitrogen and oxygen atoms in total. The fourth-order valence-electron chi connectivity index (χ4n) is 3.31. The summed E-state index contributed by atoms with van der Waals surface area (Å²) in [5.74, 6) is 0. The van der Waals surface area contributed by atoms with Crippen molar-refractivity contribution in [3.63, 3.8) is 0 Å². The molecule has 0 aliphatic carbocycles. The fraction of sp³-hybridized carbons (Fsp3) is 0.0769. The first kappa shape index (κ1) is 20.9. The zero-order chi connectivity index (χ0) is 20.1. The SMILES string of the molecule is Ic1ccccc1Cc1ccccc1Sc1ccccc1Cc1ccccc1I. The van der Waals surface area contributed by atoms with Gasteiger partial charge in [-0.2, -0.15) is 0 Å². The standard InChI is InChI=1S/C26H20I2S/c27-23-13-5-1-9-19(23)17-21-11-3-7-15-25(21)29-26-16-8-4-12-22(26)18-20-10-2-6-14-24(20)28/h1-16H,17-18H2. The van der Waals surface area contributed by atoms with Gasteiger partial charge in [0.1, 0.15) is 0 Å². The summed E-state index contributed by atoms with van der Waals surface area (Å²) in [5.41, 5.74) is 5.53. The van der Waals surface area contributed by atoms with Crippen LogP contribution < -0.4 is 0 Å². The first-order valence-electron chi connectivity index (χ1n) is 9.51. The van der Waals surface area contributed by atoms with Gasteiger partial charge >= 0.3 is 0 Å². The van der Waals surface area contributed by atoms with Crippen LogP contribution in [0.5, 0.6) is 0 Å². The molecule has 0 N–H and O–H groups in total. The highest BCUT2D eigenvalue weighted by Crippen LogP contribution is 2.35. The smallest absolute Gasteiger partial charge is 0.0165 e. The van der Waals surface area contributed by atoms with E-state index in [4.69, 9.17) is 0 Å². The molecule has 0 spiro atoms. The lowest BCUT2D eigenvalue weighted by Gasteiger charge is -2.14. The van der Waals surface area contributed by atoms with Gasteiger partial charge < -0.3 is 0 Å². The van der Waals surface area contributed by atoms with E-state index in [0.29, 0.717) is 0 Å². The molecule has 144 valence electrons. The van der Waals surface area contributed by atoms with E-state index in [2.05, 4.69) is 142 Å². The number of rotatable bonds is 6. The second-order valence-electron chi connectivity index (χ2n) is 6.85. The van der Waals surface area contributed by atoms with E-state index in [1.54, 1.807) is 0 Å². The van der Waals surface area contributed by atoms with Crippen LogP contribution >= 0.6 is 56.9 Å². The topological polar surface area (TPSA) is 0 Å². The Morgan fingerprint density at radius 1 is 0.448 bits per heavy atom. The molecule has 0 bridgehead atoms. The molecule has 0 aliphatic heterocycles. The molecule has 3 heteroatoms. The van der Waals surface area contributed by atoms with Crippen LogP contribution in [0.2, 0.25) is 0 Å². The minimum atomic E-state index is 0.959. The molecule has 0 amide bonds. The molecule has 0 saturated heterocycles. The maximum absolute atomic E-state index is 2.44. The van der Waals surface area contributed by atoms with Crippen LogP contribution in [0.3, 0.4) is 0 Å². The van der Waals surface area contributed by atoms with E-state index in [9.17, 15) is 0 Å². The molecule has 0 heterocycles. The van der Waals surface area contributed by atoms with Crippen LogP contribution in [-0.2, 0) is 12.8 Å². The van der Waals surface area contributed by atoms with Crippen molar-refractivity contribution in [3.05, 3.63) is 126 Å². The van der Waals surface area contributed by atoms with Gasteiger partial charge in [-0.1, -0.05) is 84.6 Å². The third kappa shape index (κ3) is 5.44. The maximum Gasteiger partial charge on any atom is 0.0165 e. The zero-order valence-electron chi connectivity index (χ0n) is 15.8. The van der Waals surface area contributed by atoms with Crippen LogP contribution in [0.4, 0.5) is 0 Å². The lowest BCUT2D eigenvalue weighted by atomic mass is 10.1. The predicted octanol–water partition coefficient (Wildman–Crippen LogP) is 8.23. The van der Waals surface area contributed by atoms with E-state index in [-0.39, 0.29) is 0 Å². The van der Waals surface area contributed by atoms with E-state index >= 15 is 0 Å². The molecule has 29 heavy (non-hydrogen) atoms. The molecule has 0 aliphatic rings. The fourth-order valence-corrected chi connectivity index (χ4v) is 5.54. The van der Waals surface area contributed by atoms with E-state index in [0.717, 1.165) is 12.8 Å². The van der Waals surface area contributed by atoms with Gasteiger partial charge in [0, 0.05) is 16.9 Å². The van der Waals surface area contributed by atoms with E-state index in [1.165, 1.54) is 39.2 Å². The van der Waals surface area contributed by atoms with Gasteiger partial charge in [0.15, 0.2) is 0 Å². The summed E-state index contributed by atoms with van der Waals surface area (Å²) in [6, 6.07) is 34.9. The molecule has 4 aromatic carbocycles. The summed E-state index contributed by atoms with van der Waals surface area (Å²) >= 11 is 6.76. The van der Waals surface area contributed by atoms with Crippen LogP contribution in [0.15, 0.2) is 107 Å². The monoisotopic (exact) mass is 618 g/mol. The van der Waals surface area contributed by atoms with Crippen molar-refractivity contribution < 1.29 is 0 Å². The van der Waals surface area contributed by atoms with Crippen molar-refractivity contribution in [1.82, 2.24) is 0 Å². The number of hydrogen-bond acceptors (Lipinski definition) is 1. The Hall–Kier alpha value is -1.31. The number of hydrogen-bond donors (Lipinski definition) is 0. The van der Waals surface area contributed by atoms with Gasteiger partial charge in [0.2, 0.25) is 0 Å². The second-order valence-corrected chi connectivity index (χ2v) is 10.3. The van der Waals surface area contributed by atoms with Crippen LogP contribution in [0, 0.1) is 7.14 Å². The Labute approximate surface area is 204 Å². The normalized spacial score (nSPS) is 10.8. The molecule has 4 aromatic rings. The molecule has 0 unspecified atom stereocenters. The Morgan fingerprint density at radius 2 is 0.793 bits per heavy atom. The number of benzene rings is 4. The summed E-state index contributed by atoms with van der Waals surface area (Å²) < 4.78 is 2.65. The van der Waals surface area contributed by atoms with Gasteiger partial charge in [-0.25, -0.2) is 0 Å². The van der Waals surface area contributed by atoms with Gasteiger partial charge in [0.05, 0.1) is 0 Å². The lowest BCUT2D eigenvalue weighted by molar-refractivity contribution is 1.10. The van der Waals surface area contributed by atoms with Gasteiger partial charge in [-0.05, 0) is 105 Å². The molecule has 0 saturated carbocycles. The van der Waals surface area contributed by atoms with Crippen molar-refractivity contribution in [2.45, 2.75) is 22.6 Å². The van der Waals surface area contributed by atoms with Crippen LogP contribution in [-0.4, -0.2) is 0 Å². The van der Waals surface area contributed by atoms with E-state index in [1.807, 2.05) is 11.8 Å². The summed E-state index contributed by atoms with van der Waals surface area (Å²) in [5, 5.41) is 0. The molecular weight excluding hydrogens is 598 g/mol. The minimum Gasteiger partial charge on any atom is -0.0895 e. The van der Waals surface area contributed by atoms with Crippen LogP contribution in [0.25, 0.3) is 0 Å². The third-order valence-electron chi connectivity index (χ3n) is 4.84. The summed E-state index contributed by atoms with van der Waals surface area (Å²) in [6.07, 6.45) is 1.92. The molecule has 0 radical (unpaired) electrons. The van der Waals surface area contributed by atoms with Gasteiger partial charge in [0.25, 0.3) is 0 Å². The first-order valence-corrected chi connectivity index (χ1v) is 12.5. The minimum absolute atomic E-state index is 0.959. The van der Waals surface area contributed by atoms with Crippen molar-refractivity contribution in [2.24, 2.45) is 0 Å². The Kier molecular flexibility index (Phi) is 7.32. The third-order valence-corrected chi connectivity index (χ3v) is 8.18. The van der Waals surface area contributed by atoms with Gasteiger partial charge in [-0.3, -0.25) is 0 Å². The summed E-state index contributed by atoms with van der Waals surface area (Å²) in [7, 11) is 0. The zero-order valence-corrected chi connectivity index (χ0v) is 20.9. The maximum atomic E-state index is 2.44. The van der Waals surface area contributed by atoms with Crippen molar-refractivity contribution in [2.75, 3.05) is 0 Å². The summed E-state index contributed by atoms with van der Waals surface area (Å²) in [4.78, 5) is 2.67. The molecule has 0 aromatic heterocycles. The molecule has 0 fully saturated rings. The van der Waals surface area contributed by atoms with Gasteiger partial charge in [-0.15, -0.1) is 0 Å². The highest BCUT2D eigenvalue weighted by molar-refractivity contribution is 14.1.